The number of hydrogen-bond acceptors (Lipinski definition) is 7. The van der Waals surface area contributed by atoms with Crippen LogP contribution in [0.3, 0.4) is 0 Å². The van der Waals surface area contributed by atoms with Crippen molar-refractivity contribution >= 4 is 10.1 Å². The van der Waals surface area contributed by atoms with Crippen molar-refractivity contribution in [1.29, 1.82) is 0 Å². The molecule has 0 unspecified atom stereocenters. The van der Waals surface area contributed by atoms with Crippen molar-refractivity contribution in [1.82, 2.24) is 0 Å². The van der Waals surface area contributed by atoms with E-state index in [1.165, 1.54) is 0 Å². The molecule has 0 saturated carbocycles. The van der Waals surface area contributed by atoms with Gasteiger partial charge in [-0.3, -0.25) is 4.18 Å². The molecule has 0 heterocycles. The van der Waals surface area contributed by atoms with Crippen LogP contribution in [-0.4, -0.2) is 61.5 Å². The predicted molar refractivity (Wildman–Crippen MR) is 47.9 cm³/mol. The molecule has 0 aromatic heterocycles. The lowest BCUT2D eigenvalue weighted by Crippen LogP contribution is -2.46. The summed E-state index contributed by atoms with van der Waals surface area (Å²) in [5.41, 5.74) is 3.14. The summed E-state index contributed by atoms with van der Waals surface area (Å²) < 4.78 is 26.6. The molecule has 0 aliphatic heterocycles. The van der Waals surface area contributed by atoms with Gasteiger partial charge >= 0.3 is 0 Å². The molecule has 0 atom stereocenters. The SMILES string of the molecule is NCCS(=O)(=O)OC(CO)(CO)CO. The minimum Gasteiger partial charge on any atom is -0.393 e. The third kappa shape index (κ3) is 3.86. The Morgan fingerprint density at radius 1 is 1.14 bits per heavy atom. The van der Waals surface area contributed by atoms with Gasteiger partial charge in [0.2, 0.25) is 0 Å². The van der Waals surface area contributed by atoms with Crippen LogP contribution in [0, 0.1) is 0 Å². The second kappa shape index (κ2) is 5.59. The van der Waals surface area contributed by atoms with Gasteiger partial charge < -0.3 is 21.1 Å². The summed E-state index contributed by atoms with van der Waals surface area (Å²) in [6.45, 7) is -2.54. The first-order valence-electron chi connectivity index (χ1n) is 3.91. The lowest BCUT2D eigenvalue weighted by Gasteiger charge is -2.26. The molecule has 0 aliphatic carbocycles. The van der Waals surface area contributed by atoms with Crippen molar-refractivity contribution in [3.63, 3.8) is 0 Å². The third-order valence-electron chi connectivity index (χ3n) is 1.54. The molecule has 0 amide bonds. The molecule has 0 radical (unpaired) electrons. The fraction of sp³-hybridized carbons (Fsp3) is 1.00. The first-order chi connectivity index (χ1) is 6.45. The second-order valence-electron chi connectivity index (χ2n) is 2.79. The molecule has 0 aliphatic rings. The molecular formula is C6H15NO6S. The van der Waals surface area contributed by atoms with Gasteiger partial charge in [0.1, 0.15) is 0 Å². The highest BCUT2D eigenvalue weighted by Gasteiger charge is 2.34. The van der Waals surface area contributed by atoms with Gasteiger partial charge in [-0.15, -0.1) is 0 Å². The molecule has 0 spiro atoms. The van der Waals surface area contributed by atoms with Crippen molar-refractivity contribution in [2.45, 2.75) is 5.60 Å². The molecular weight excluding hydrogens is 214 g/mol. The first kappa shape index (κ1) is 13.8. The van der Waals surface area contributed by atoms with E-state index in [2.05, 4.69) is 4.18 Å². The number of rotatable bonds is 7. The number of aliphatic hydroxyl groups is 3. The van der Waals surface area contributed by atoms with Crippen LogP contribution in [0.1, 0.15) is 0 Å². The number of nitrogens with two attached hydrogens (primary N) is 1. The van der Waals surface area contributed by atoms with Gasteiger partial charge in [-0.05, 0) is 0 Å². The summed E-state index contributed by atoms with van der Waals surface area (Å²) in [7, 11) is -3.93. The highest BCUT2D eigenvalue weighted by molar-refractivity contribution is 7.86. The Bertz CT molecular complexity index is 239. The van der Waals surface area contributed by atoms with E-state index in [0.717, 1.165) is 0 Å². The predicted octanol–water partition coefficient (Wildman–Crippen LogP) is -2.99. The van der Waals surface area contributed by atoms with Crippen LogP contribution in [0.15, 0.2) is 0 Å². The molecule has 86 valence electrons. The van der Waals surface area contributed by atoms with E-state index in [1.54, 1.807) is 0 Å². The Morgan fingerprint density at radius 3 is 1.86 bits per heavy atom. The Hall–Kier alpha value is -0.250. The summed E-state index contributed by atoms with van der Waals surface area (Å²) in [5.74, 6) is -0.436. The van der Waals surface area contributed by atoms with Crippen LogP contribution in [0.4, 0.5) is 0 Å². The molecule has 5 N–H and O–H groups in total. The Kier molecular flexibility index (Phi) is 5.49. The molecule has 0 aromatic rings. The number of aliphatic hydroxyl groups excluding tert-OH is 3. The van der Waals surface area contributed by atoms with E-state index < -0.39 is 41.3 Å². The smallest absolute Gasteiger partial charge is 0.269 e. The van der Waals surface area contributed by atoms with Crippen molar-refractivity contribution < 1.29 is 27.9 Å². The van der Waals surface area contributed by atoms with Crippen LogP contribution in [-0.2, 0) is 14.3 Å². The van der Waals surface area contributed by atoms with E-state index in [4.69, 9.17) is 21.1 Å². The average Bonchev–Trinajstić information content (AvgIpc) is 2.14. The Morgan fingerprint density at radius 2 is 1.57 bits per heavy atom. The van der Waals surface area contributed by atoms with Gasteiger partial charge in [0.25, 0.3) is 10.1 Å². The summed E-state index contributed by atoms with van der Waals surface area (Å²) in [6, 6.07) is 0. The van der Waals surface area contributed by atoms with Crippen LogP contribution >= 0.6 is 0 Å². The van der Waals surface area contributed by atoms with Crippen LogP contribution in [0.5, 0.6) is 0 Å². The summed E-state index contributed by atoms with van der Waals surface area (Å²) in [4.78, 5) is 0. The molecule has 7 nitrogen and oxygen atoms in total. The lowest BCUT2D eigenvalue weighted by atomic mass is 10.1. The van der Waals surface area contributed by atoms with E-state index >= 15 is 0 Å². The molecule has 14 heavy (non-hydrogen) atoms. The summed E-state index contributed by atoms with van der Waals surface area (Å²) in [5, 5.41) is 26.3. The standard InChI is InChI=1S/C6H15NO6S/c7-1-2-14(11,12)13-6(3-8,4-9)5-10/h8-10H,1-5,7H2. The van der Waals surface area contributed by atoms with Crippen molar-refractivity contribution in [3.05, 3.63) is 0 Å². The molecule has 8 heteroatoms. The lowest BCUT2D eigenvalue weighted by molar-refractivity contribution is -0.0637. The highest BCUT2D eigenvalue weighted by atomic mass is 32.2. The minimum absolute atomic E-state index is 0.138. The Balaban J connectivity index is 4.59. The second-order valence-corrected chi connectivity index (χ2v) is 4.48. The zero-order valence-electron chi connectivity index (χ0n) is 7.59. The van der Waals surface area contributed by atoms with Crippen molar-refractivity contribution in [2.24, 2.45) is 5.73 Å². The van der Waals surface area contributed by atoms with Crippen LogP contribution in [0.2, 0.25) is 0 Å². The zero-order chi connectivity index (χ0) is 11.2. The van der Waals surface area contributed by atoms with Crippen LogP contribution < -0.4 is 5.73 Å². The van der Waals surface area contributed by atoms with Gasteiger partial charge in [0, 0.05) is 6.54 Å². The summed E-state index contributed by atoms with van der Waals surface area (Å²) in [6.07, 6.45) is 0. The van der Waals surface area contributed by atoms with Crippen LogP contribution in [0.25, 0.3) is 0 Å². The summed E-state index contributed by atoms with van der Waals surface area (Å²) >= 11 is 0. The average molecular weight is 229 g/mol. The van der Waals surface area contributed by atoms with Gasteiger partial charge in [-0.25, -0.2) is 0 Å². The fourth-order valence-electron chi connectivity index (χ4n) is 0.684. The largest absolute Gasteiger partial charge is 0.393 e. The highest BCUT2D eigenvalue weighted by Crippen LogP contribution is 2.13. The topological polar surface area (TPSA) is 130 Å². The minimum atomic E-state index is -3.93. The van der Waals surface area contributed by atoms with E-state index in [-0.39, 0.29) is 6.54 Å². The molecule has 0 bridgehead atoms. The maximum Gasteiger partial charge on any atom is 0.269 e. The van der Waals surface area contributed by atoms with Gasteiger partial charge in [-0.1, -0.05) is 0 Å². The normalized spacial score (nSPS) is 13.1. The maximum atomic E-state index is 11.1. The molecule has 0 saturated heterocycles. The first-order valence-corrected chi connectivity index (χ1v) is 5.49. The molecule has 0 aromatic carbocycles. The van der Waals surface area contributed by atoms with Gasteiger partial charge in [-0.2, -0.15) is 8.42 Å². The molecule has 0 fully saturated rings. The quantitative estimate of drug-likeness (QED) is 0.342. The zero-order valence-corrected chi connectivity index (χ0v) is 8.40. The van der Waals surface area contributed by atoms with Crippen molar-refractivity contribution in [2.75, 3.05) is 32.1 Å². The van der Waals surface area contributed by atoms with E-state index in [0.29, 0.717) is 0 Å². The Labute approximate surface area is 82.2 Å². The van der Waals surface area contributed by atoms with Gasteiger partial charge in [0.15, 0.2) is 5.60 Å². The van der Waals surface area contributed by atoms with E-state index in [9.17, 15) is 8.42 Å². The fourth-order valence-corrected chi connectivity index (χ4v) is 1.75. The third-order valence-corrected chi connectivity index (χ3v) is 2.88. The molecule has 0 rings (SSSR count). The monoisotopic (exact) mass is 229 g/mol. The maximum absolute atomic E-state index is 11.1. The van der Waals surface area contributed by atoms with Gasteiger partial charge in [0.05, 0.1) is 25.6 Å². The van der Waals surface area contributed by atoms with Crippen molar-refractivity contribution in [3.8, 4) is 0 Å². The van der Waals surface area contributed by atoms with E-state index in [1.807, 2.05) is 0 Å². The number of hydrogen-bond donors (Lipinski definition) is 4.